The van der Waals surface area contributed by atoms with Gasteiger partial charge < -0.3 is 9.84 Å². The van der Waals surface area contributed by atoms with Gasteiger partial charge >= 0.3 is 0 Å². The van der Waals surface area contributed by atoms with Crippen LogP contribution in [0.1, 0.15) is 16.0 Å². The lowest BCUT2D eigenvalue weighted by Gasteiger charge is -2.26. The number of thiazole rings is 1. The molecule has 23 heavy (non-hydrogen) atoms. The van der Waals surface area contributed by atoms with Crippen LogP contribution in [0.2, 0.25) is 0 Å². The van der Waals surface area contributed by atoms with E-state index < -0.39 is 0 Å². The van der Waals surface area contributed by atoms with Crippen LogP contribution >= 0.6 is 11.3 Å². The number of hydrogen-bond acceptors (Lipinski definition) is 6. The maximum Gasteiger partial charge on any atom is 0.248 e. The van der Waals surface area contributed by atoms with Crippen LogP contribution < -0.4 is 0 Å². The van der Waals surface area contributed by atoms with Crippen molar-refractivity contribution >= 4 is 16.2 Å². The summed E-state index contributed by atoms with van der Waals surface area (Å²) >= 11 is 1.56. The van der Waals surface area contributed by atoms with Crippen LogP contribution in [0, 0.1) is 0 Å². The summed E-state index contributed by atoms with van der Waals surface area (Å²) in [6.07, 6.45) is 8.32. The predicted molar refractivity (Wildman–Crippen MR) is 87.9 cm³/mol. The average Bonchev–Trinajstić information content (AvgIpc) is 3.11. The molecule has 0 unspecified atom stereocenters. The molecule has 0 spiro atoms. The Morgan fingerprint density at radius 1 is 1.22 bits per heavy atom. The number of rotatable bonds is 4. The van der Waals surface area contributed by atoms with Gasteiger partial charge in [-0.1, -0.05) is 6.07 Å². The molecule has 0 bridgehead atoms. The topological polar surface area (TPSA) is 62.9 Å². The second-order valence-electron chi connectivity index (χ2n) is 5.74. The average molecular weight is 330 g/mol. The highest BCUT2D eigenvalue weighted by atomic mass is 32.1. The molecule has 1 saturated heterocycles. The van der Waals surface area contributed by atoms with Gasteiger partial charge in [0, 0.05) is 49.5 Å². The van der Waals surface area contributed by atoms with Gasteiger partial charge in [0.1, 0.15) is 6.33 Å². The summed E-state index contributed by atoms with van der Waals surface area (Å²) in [5, 5.41) is 9.67. The minimum atomic E-state index is 0.0976. The Labute approximate surface area is 138 Å². The summed E-state index contributed by atoms with van der Waals surface area (Å²) in [6, 6.07) is 2.22. The Morgan fingerprint density at radius 2 is 2.04 bits per heavy atom. The van der Waals surface area contributed by atoms with Gasteiger partial charge in [-0.15, -0.1) is 11.3 Å². The third-order valence-corrected chi connectivity index (χ3v) is 5.08. The van der Waals surface area contributed by atoms with Gasteiger partial charge in [0.05, 0.1) is 13.2 Å². The van der Waals surface area contributed by atoms with Gasteiger partial charge in [-0.05, 0) is 11.1 Å². The fourth-order valence-corrected chi connectivity index (χ4v) is 3.86. The van der Waals surface area contributed by atoms with Crippen LogP contribution in [0.4, 0.5) is 0 Å². The van der Waals surface area contributed by atoms with Gasteiger partial charge in [-0.2, -0.15) is 0 Å². The molecule has 1 N–H and O–H groups in total. The molecule has 0 saturated carbocycles. The van der Waals surface area contributed by atoms with E-state index in [1.165, 1.54) is 16.0 Å². The van der Waals surface area contributed by atoms with Crippen molar-refractivity contribution < 1.29 is 9.84 Å². The van der Waals surface area contributed by atoms with Gasteiger partial charge in [0.25, 0.3) is 0 Å². The van der Waals surface area contributed by atoms with Crippen molar-refractivity contribution in [2.45, 2.75) is 13.0 Å². The van der Waals surface area contributed by atoms with E-state index in [1.807, 2.05) is 23.0 Å². The summed E-state index contributed by atoms with van der Waals surface area (Å²) in [7, 11) is 0. The van der Waals surface area contributed by atoms with E-state index in [0.717, 1.165) is 44.1 Å². The smallest absolute Gasteiger partial charge is 0.248 e. The quantitative estimate of drug-likeness (QED) is 0.792. The minimum Gasteiger partial charge on any atom is -0.491 e. The molecule has 0 aromatic carbocycles. The maximum atomic E-state index is 9.67. The maximum absolute atomic E-state index is 9.67. The number of imidazole rings is 1. The number of ether oxygens (including phenoxy) is 1. The molecule has 7 heteroatoms. The molecule has 0 aliphatic carbocycles. The number of aromatic hydroxyl groups is 1. The van der Waals surface area contributed by atoms with Crippen LogP contribution in [0.5, 0.6) is 5.88 Å². The summed E-state index contributed by atoms with van der Waals surface area (Å²) in [6.45, 7) is 4.50. The number of pyridine rings is 1. The molecule has 0 atom stereocenters. The van der Waals surface area contributed by atoms with E-state index in [1.54, 1.807) is 17.7 Å². The van der Waals surface area contributed by atoms with Crippen molar-refractivity contribution in [3.63, 3.8) is 0 Å². The third-order valence-electron chi connectivity index (χ3n) is 3.98. The van der Waals surface area contributed by atoms with Crippen molar-refractivity contribution in [2.75, 3.05) is 26.3 Å². The van der Waals surface area contributed by atoms with E-state index in [4.69, 9.17) is 4.74 Å². The molecule has 4 rings (SSSR count). The first-order chi connectivity index (χ1) is 11.3. The van der Waals surface area contributed by atoms with Crippen molar-refractivity contribution in [2.24, 2.45) is 0 Å². The van der Waals surface area contributed by atoms with Crippen molar-refractivity contribution in [3.05, 3.63) is 47.0 Å². The first-order valence-corrected chi connectivity index (χ1v) is 8.47. The molecule has 0 amide bonds. The normalized spacial score (nSPS) is 16.2. The molecule has 4 heterocycles. The lowest BCUT2D eigenvalue weighted by molar-refractivity contribution is 0.0341. The zero-order valence-corrected chi connectivity index (χ0v) is 13.5. The van der Waals surface area contributed by atoms with E-state index in [2.05, 4.69) is 20.9 Å². The standard InChI is InChI=1S/C16H18N4O2S/c21-15-16-20(11-18-15)10-14(23-16)6-12-5-13(8-17-7-12)9-19-1-3-22-4-2-19/h5,7-8,10-11,21H,1-4,6,9H2. The van der Waals surface area contributed by atoms with Gasteiger partial charge in [-0.25, -0.2) is 4.98 Å². The summed E-state index contributed by atoms with van der Waals surface area (Å²) in [5.74, 6) is 0.0976. The lowest BCUT2D eigenvalue weighted by atomic mass is 10.1. The first kappa shape index (κ1) is 14.6. The molecule has 0 radical (unpaired) electrons. The summed E-state index contributed by atoms with van der Waals surface area (Å²) < 4.78 is 7.25. The molecule has 6 nitrogen and oxygen atoms in total. The number of fused-ring (bicyclic) bond motifs is 1. The minimum absolute atomic E-state index is 0.0976. The first-order valence-electron chi connectivity index (χ1n) is 7.65. The predicted octanol–water partition coefficient (Wildman–Crippen LogP) is 1.92. The van der Waals surface area contributed by atoms with E-state index in [9.17, 15) is 5.11 Å². The van der Waals surface area contributed by atoms with Gasteiger partial charge in [-0.3, -0.25) is 14.3 Å². The highest BCUT2D eigenvalue weighted by Crippen LogP contribution is 2.27. The Kier molecular flexibility index (Phi) is 3.99. The lowest BCUT2D eigenvalue weighted by Crippen LogP contribution is -2.35. The highest BCUT2D eigenvalue weighted by Gasteiger charge is 2.12. The Morgan fingerprint density at radius 3 is 2.87 bits per heavy atom. The molecule has 1 aliphatic heterocycles. The van der Waals surface area contributed by atoms with Crippen molar-refractivity contribution in [1.82, 2.24) is 19.3 Å². The van der Waals surface area contributed by atoms with Crippen LogP contribution in [-0.2, 0) is 17.7 Å². The van der Waals surface area contributed by atoms with Crippen LogP contribution in [0.3, 0.4) is 0 Å². The molecular formula is C16H18N4O2S. The fourth-order valence-electron chi connectivity index (χ4n) is 2.86. The van der Waals surface area contributed by atoms with E-state index in [0.29, 0.717) is 0 Å². The highest BCUT2D eigenvalue weighted by molar-refractivity contribution is 7.17. The molecule has 120 valence electrons. The largest absolute Gasteiger partial charge is 0.491 e. The SMILES string of the molecule is Oc1ncn2cc(Cc3cncc(CN4CCOCC4)c3)sc12. The van der Waals surface area contributed by atoms with Gasteiger partial charge in [0.15, 0.2) is 4.83 Å². The second-order valence-corrected chi connectivity index (χ2v) is 6.86. The Bertz CT molecular complexity index is 807. The number of aromatic nitrogens is 3. The zero-order chi connectivity index (χ0) is 15.6. The molecular weight excluding hydrogens is 312 g/mol. The van der Waals surface area contributed by atoms with Crippen molar-refractivity contribution in [1.29, 1.82) is 0 Å². The Hall–Kier alpha value is -1.96. The Balaban J connectivity index is 1.48. The molecule has 1 aliphatic rings. The van der Waals surface area contributed by atoms with E-state index >= 15 is 0 Å². The van der Waals surface area contributed by atoms with Gasteiger partial charge in [0.2, 0.25) is 5.88 Å². The number of morpholine rings is 1. The fraction of sp³-hybridized carbons (Fsp3) is 0.375. The third kappa shape index (κ3) is 3.21. The van der Waals surface area contributed by atoms with Crippen LogP contribution in [0.15, 0.2) is 31.0 Å². The second kappa shape index (κ2) is 6.27. The van der Waals surface area contributed by atoms with Crippen LogP contribution in [-0.4, -0.2) is 50.7 Å². The summed E-state index contributed by atoms with van der Waals surface area (Å²) in [5.41, 5.74) is 2.42. The zero-order valence-electron chi connectivity index (χ0n) is 12.7. The molecule has 1 fully saturated rings. The van der Waals surface area contributed by atoms with Crippen molar-refractivity contribution in [3.8, 4) is 5.88 Å². The van der Waals surface area contributed by atoms with Crippen LogP contribution in [0.25, 0.3) is 4.83 Å². The van der Waals surface area contributed by atoms with E-state index in [-0.39, 0.29) is 5.88 Å². The molecule has 3 aromatic heterocycles. The molecule has 3 aromatic rings. The number of nitrogens with zero attached hydrogens (tertiary/aromatic N) is 4. The number of hydrogen-bond donors (Lipinski definition) is 1. The summed E-state index contributed by atoms with van der Waals surface area (Å²) in [4.78, 5) is 12.6. The monoisotopic (exact) mass is 330 g/mol.